The fourth-order valence-electron chi connectivity index (χ4n) is 2.87. The summed E-state index contributed by atoms with van der Waals surface area (Å²) in [6.07, 6.45) is 0.163. The highest BCUT2D eigenvalue weighted by atomic mass is 32.2. The second-order valence-electron chi connectivity index (χ2n) is 6.11. The lowest BCUT2D eigenvalue weighted by Gasteiger charge is -2.30. The van der Waals surface area contributed by atoms with Crippen molar-refractivity contribution in [3.05, 3.63) is 24.0 Å². The van der Waals surface area contributed by atoms with Gasteiger partial charge in [0.15, 0.2) is 21.4 Å². The van der Waals surface area contributed by atoms with E-state index >= 15 is 0 Å². The van der Waals surface area contributed by atoms with Crippen molar-refractivity contribution in [2.45, 2.75) is 29.9 Å². The van der Waals surface area contributed by atoms with Crippen LogP contribution in [0, 0.1) is 5.82 Å². The summed E-state index contributed by atoms with van der Waals surface area (Å²) in [4.78, 5) is 11.1. The standard InChI is InChI=1S/C16H23FN2O6S2/c1-3-25-15-5-4-13(10-14(15)17)27(23,24)19-8-6-12(7-9-19)26(21,22)11-16(20)18-2/h4-5,10,12H,3,6-9,11H2,1-2H3,(H,18,20). The monoisotopic (exact) mass is 422 g/mol. The number of carbonyl (C=O) groups excluding carboxylic acids is 1. The number of hydrogen-bond acceptors (Lipinski definition) is 6. The highest BCUT2D eigenvalue weighted by Crippen LogP contribution is 2.27. The molecule has 1 aromatic rings. The number of sulfone groups is 1. The minimum Gasteiger partial charge on any atom is -0.491 e. The van der Waals surface area contributed by atoms with Crippen LogP contribution >= 0.6 is 0 Å². The predicted molar refractivity (Wildman–Crippen MR) is 97.2 cm³/mol. The molecule has 0 spiro atoms. The first-order valence-corrected chi connectivity index (χ1v) is 11.6. The molecule has 11 heteroatoms. The zero-order valence-electron chi connectivity index (χ0n) is 15.1. The number of nitrogens with one attached hydrogen (secondary N) is 1. The van der Waals surface area contributed by atoms with Gasteiger partial charge in [-0.05, 0) is 38.0 Å². The Morgan fingerprint density at radius 1 is 1.26 bits per heavy atom. The summed E-state index contributed by atoms with van der Waals surface area (Å²) in [6.45, 7) is 1.90. The van der Waals surface area contributed by atoms with Crippen LogP contribution in [-0.2, 0) is 24.7 Å². The third-order valence-corrected chi connectivity index (χ3v) is 8.41. The van der Waals surface area contributed by atoms with Gasteiger partial charge in [0.1, 0.15) is 5.75 Å². The van der Waals surface area contributed by atoms with Crippen molar-refractivity contribution in [3.8, 4) is 5.75 Å². The molecule has 1 aromatic carbocycles. The van der Waals surface area contributed by atoms with Gasteiger partial charge >= 0.3 is 0 Å². The second kappa shape index (κ2) is 8.53. The predicted octanol–water partition coefficient (Wildman–Crippen LogP) is 0.538. The molecule has 1 heterocycles. The van der Waals surface area contributed by atoms with Gasteiger partial charge in [-0.3, -0.25) is 4.79 Å². The quantitative estimate of drug-likeness (QED) is 0.687. The first kappa shape index (κ1) is 21.6. The Kier molecular flexibility index (Phi) is 6.82. The molecule has 152 valence electrons. The van der Waals surface area contributed by atoms with E-state index in [4.69, 9.17) is 4.74 Å². The van der Waals surface area contributed by atoms with Gasteiger partial charge < -0.3 is 10.1 Å². The average Bonchev–Trinajstić information content (AvgIpc) is 2.63. The van der Waals surface area contributed by atoms with Crippen molar-refractivity contribution >= 4 is 25.8 Å². The molecule has 2 rings (SSSR count). The van der Waals surface area contributed by atoms with Crippen LogP contribution in [0.2, 0.25) is 0 Å². The van der Waals surface area contributed by atoms with Crippen LogP contribution in [0.5, 0.6) is 5.75 Å². The Balaban J connectivity index is 2.10. The van der Waals surface area contributed by atoms with Gasteiger partial charge in [-0.2, -0.15) is 4.31 Å². The lowest BCUT2D eigenvalue weighted by molar-refractivity contribution is -0.118. The second-order valence-corrected chi connectivity index (χ2v) is 10.3. The SMILES string of the molecule is CCOc1ccc(S(=O)(=O)N2CCC(S(=O)(=O)CC(=O)NC)CC2)cc1F. The Bertz CT molecular complexity index is 893. The van der Waals surface area contributed by atoms with Gasteiger partial charge in [-0.15, -0.1) is 0 Å². The first-order chi connectivity index (χ1) is 12.6. The molecule has 8 nitrogen and oxygen atoms in total. The average molecular weight is 423 g/mol. The van der Waals surface area contributed by atoms with Crippen LogP contribution in [0.4, 0.5) is 4.39 Å². The zero-order chi connectivity index (χ0) is 20.2. The molecule has 0 radical (unpaired) electrons. The molecule has 0 aromatic heterocycles. The number of rotatable bonds is 7. The van der Waals surface area contributed by atoms with E-state index in [1.807, 2.05) is 0 Å². The zero-order valence-corrected chi connectivity index (χ0v) is 16.8. The maximum atomic E-state index is 14.0. The summed E-state index contributed by atoms with van der Waals surface area (Å²) in [6, 6.07) is 3.42. The molecule has 1 fully saturated rings. The minimum absolute atomic E-state index is 0.0190. The summed E-state index contributed by atoms with van der Waals surface area (Å²) in [5.74, 6) is -2.03. The van der Waals surface area contributed by atoms with E-state index in [0.29, 0.717) is 0 Å². The fraction of sp³-hybridized carbons (Fsp3) is 0.562. The van der Waals surface area contributed by atoms with Gasteiger partial charge in [-0.25, -0.2) is 21.2 Å². The maximum absolute atomic E-state index is 14.0. The fourth-order valence-corrected chi connectivity index (χ4v) is 6.02. The molecule has 0 aliphatic carbocycles. The molecule has 1 N–H and O–H groups in total. The number of benzene rings is 1. The van der Waals surface area contributed by atoms with E-state index in [-0.39, 0.29) is 43.2 Å². The molecule has 1 amide bonds. The molecule has 0 atom stereocenters. The Hall–Kier alpha value is -1.72. The minimum atomic E-state index is -3.95. The van der Waals surface area contributed by atoms with E-state index in [9.17, 15) is 26.0 Å². The highest BCUT2D eigenvalue weighted by Gasteiger charge is 2.36. The van der Waals surface area contributed by atoms with Gasteiger partial charge in [0, 0.05) is 20.1 Å². The molecular formula is C16H23FN2O6S2. The van der Waals surface area contributed by atoms with Crippen LogP contribution in [0.15, 0.2) is 23.1 Å². The van der Waals surface area contributed by atoms with Crippen LogP contribution in [-0.4, -0.2) is 64.8 Å². The van der Waals surface area contributed by atoms with E-state index in [1.165, 1.54) is 19.2 Å². The number of sulfonamides is 1. The summed E-state index contributed by atoms with van der Waals surface area (Å²) in [7, 11) is -6.26. The smallest absolute Gasteiger partial charge is 0.243 e. The Morgan fingerprint density at radius 3 is 2.41 bits per heavy atom. The lowest BCUT2D eigenvalue weighted by Crippen LogP contribution is -2.44. The normalized spacial score (nSPS) is 16.9. The number of amides is 1. The van der Waals surface area contributed by atoms with Gasteiger partial charge in [0.25, 0.3) is 0 Å². The number of piperidine rings is 1. The third kappa shape index (κ3) is 4.96. The van der Waals surface area contributed by atoms with Crippen molar-refractivity contribution in [2.24, 2.45) is 0 Å². The van der Waals surface area contributed by atoms with E-state index in [2.05, 4.69) is 5.32 Å². The summed E-state index contributed by atoms with van der Waals surface area (Å²) in [5, 5.41) is 1.48. The van der Waals surface area contributed by atoms with Crippen LogP contribution in [0.25, 0.3) is 0 Å². The number of ether oxygens (including phenoxy) is 1. The van der Waals surface area contributed by atoms with Crippen LogP contribution in [0.1, 0.15) is 19.8 Å². The Morgan fingerprint density at radius 2 is 1.89 bits per heavy atom. The van der Waals surface area contributed by atoms with Crippen LogP contribution in [0.3, 0.4) is 0 Å². The number of hydrogen-bond donors (Lipinski definition) is 1. The van der Waals surface area contributed by atoms with E-state index < -0.39 is 42.6 Å². The van der Waals surface area contributed by atoms with E-state index in [1.54, 1.807) is 6.92 Å². The molecule has 0 unspecified atom stereocenters. The molecule has 0 bridgehead atoms. The number of carbonyl (C=O) groups is 1. The third-order valence-electron chi connectivity index (χ3n) is 4.36. The maximum Gasteiger partial charge on any atom is 0.243 e. The number of halogens is 1. The van der Waals surface area contributed by atoms with Crippen molar-refractivity contribution in [1.29, 1.82) is 0 Å². The Labute approximate surface area is 158 Å². The number of nitrogens with zero attached hydrogens (tertiary/aromatic N) is 1. The molecule has 27 heavy (non-hydrogen) atoms. The molecule has 1 aliphatic heterocycles. The van der Waals surface area contributed by atoms with Crippen molar-refractivity contribution < 1.29 is 30.8 Å². The van der Waals surface area contributed by atoms with Gasteiger partial charge in [0.2, 0.25) is 15.9 Å². The van der Waals surface area contributed by atoms with Crippen molar-refractivity contribution in [2.75, 3.05) is 32.5 Å². The highest BCUT2D eigenvalue weighted by molar-refractivity contribution is 7.92. The van der Waals surface area contributed by atoms with Crippen molar-refractivity contribution in [3.63, 3.8) is 0 Å². The summed E-state index contributed by atoms with van der Waals surface area (Å²) < 4.78 is 70.0. The molecule has 1 saturated heterocycles. The molecular weight excluding hydrogens is 399 g/mol. The van der Waals surface area contributed by atoms with Gasteiger partial charge in [0.05, 0.1) is 16.8 Å². The van der Waals surface area contributed by atoms with Gasteiger partial charge in [-0.1, -0.05) is 0 Å². The molecule has 0 saturated carbocycles. The first-order valence-electron chi connectivity index (χ1n) is 8.46. The summed E-state index contributed by atoms with van der Waals surface area (Å²) >= 11 is 0. The largest absolute Gasteiger partial charge is 0.491 e. The van der Waals surface area contributed by atoms with Crippen LogP contribution < -0.4 is 10.1 Å². The van der Waals surface area contributed by atoms with E-state index in [0.717, 1.165) is 10.4 Å². The van der Waals surface area contributed by atoms with Crippen molar-refractivity contribution in [1.82, 2.24) is 9.62 Å². The summed E-state index contributed by atoms with van der Waals surface area (Å²) in [5.41, 5.74) is 0. The molecule has 1 aliphatic rings. The topological polar surface area (TPSA) is 110 Å². The lowest BCUT2D eigenvalue weighted by atomic mass is 10.2.